The predicted octanol–water partition coefficient (Wildman–Crippen LogP) is 0.651. The van der Waals surface area contributed by atoms with Crippen molar-refractivity contribution in [2.45, 2.75) is 6.42 Å². The van der Waals surface area contributed by atoms with Crippen molar-refractivity contribution in [3.05, 3.63) is 36.0 Å². The highest BCUT2D eigenvalue weighted by Crippen LogP contribution is 2.04. The zero-order chi connectivity index (χ0) is 13.7. The maximum Gasteiger partial charge on any atom is 0.358 e. The fraction of sp³-hybridized carbons (Fsp3) is 0.333. The Balaban J connectivity index is 1.93. The molecule has 0 aromatic carbocycles. The lowest BCUT2D eigenvalue weighted by molar-refractivity contribution is 0.0593. The molecular formula is C12H15N5O2. The van der Waals surface area contributed by atoms with E-state index in [2.05, 4.69) is 25.1 Å². The van der Waals surface area contributed by atoms with Crippen LogP contribution in [0.2, 0.25) is 0 Å². The average molecular weight is 261 g/mol. The first-order valence-corrected chi connectivity index (χ1v) is 5.82. The zero-order valence-electron chi connectivity index (χ0n) is 10.8. The summed E-state index contributed by atoms with van der Waals surface area (Å²) >= 11 is 0. The highest BCUT2D eigenvalue weighted by Gasteiger charge is 2.08. The molecule has 2 aromatic heterocycles. The van der Waals surface area contributed by atoms with Crippen LogP contribution < -0.4 is 5.32 Å². The number of nitrogens with zero attached hydrogens (tertiary/aromatic N) is 4. The molecule has 0 aliphatic heterocycles. The standard InChI is InChI=1S/C12H15N5O2/c1-17-9(4-6-15-17)3-5-14-11-8-13-7-10(16-11)12(18)19-2/h4,6-8H,3,5H2,1-2H3,(H,14,16). The first-order chi connectivity index (χ1) is 9.20. The van der Waals surface area contributed by atoms with E-state index >= 15 is 0 Å². The Kier molecular flexibility index (Phi) is 4.07. The van der Waals surface area contributed by atoms with Crippen LogP contribution in [0.3, 0.4) is 0 Å². The van der Waals surface area contributed by atoms with Gasteiger partial charge in [-0.1, -0.05) is 0 Å². The minimum atomic E-state index is -0.497. The van der Waals surface area contributed by atoms with Crippen LogP contribution in [-0.2, 0) is 18.2 Å². The van der Waals surface area contributed by atoms with Gasteiger partial charge in [-0.2, -0.15) is 5.10 Å². The number of hydrogen-bond donors (Lipinski definition) is 1. The third kappa shape index (κ3) is 3.27. The molecule has 0 atom stereocenters. The second-order valence-corrected chi connectivity index (χ2v) is 3.90. The number of nitrogens with one attached hydrogen (secondary N) is 1. The Morgan fingerprint density at radius 1 is 1.47 bits per heavy atom. The number of rotatable bonds is 5. The van der Waals surface area contributed by atoms with E-state index in [-0.39, 0.29) is 5.69 Å². The lowest BCUT2D eigenvalue weighted by Crippen LogP contribution is -2.12. The van der Waals surface area contributed by atoms with Gasteiger partial charge >= 0.3 is 5.97 Å². The van der Waals surface area contributed by atoms with E-state index in [4.69, 9.17) is 0 Å². The normalized spacial score (nSPS) is 10.2. The van der Waals surface area contributed by atoms with Crippen LogP contribution in [0.5, 0.6) is 0 Å². The lowest BCUT2D eigenvalue weighted by Gasteiger charge is -2.06. The number of methoxy groups -OCH3 is 1. The van der Waals surface area contributed by atoms with Gasteiger partial charge in [0.05, 0.1) is 19.5 Å². The SMILES string of the molecule is COC(=O)c1cncc(NCCc2ccnn2C)n1. The Labute approximate surface area is 110 Å². The van der Waals surface area contributed by atoms with E-state index < -0.39 is 5.97 Å². The van der Waals surface area contributed by atoms with Gasteiger partial charge in [-0.3, -0.25) is 9.67 Å². The van der Waals surface area contributed by atoms with Gasteiger partial charge in [-0.15, -0.1) is 0 Å². The molecule has 0 amide bonds. The van der Waals surface area contributed by atoms with Crippen molar-refractivity contribution in [2.24, 2.45) is 7.05 Å². The van der Waals surface area contributed by atoms with Crippen molar-refractivity contribution < 1.29 is 9.53 Å². The summed E-state index contributed by atoms with van der Waals surface area (Å²) in [6.07, 6.45) is 5.50. The molecule has 0 fully saturated rings. The highest BCUT2D eigenvalue weighted by atomic mass is 16.5. The van der Waals surface area contributed by atoms with E-state index in [1.807, 2.05) is 17.8 Å². The van der Waals surface area contributed by atoms with Crippen LogP contribution in [-0.4, -0.2) is 39.4 Å². The molecule has 0 aliphatic carbocycles. The van der Waals surface area contributed by atoms with Gasteiger partial charge in [0.1, 0.15) is 5.82 Å². The van der Waals surface area contributed by atoms with Crippen molar-refractivity contribution >= 4 is 11.8 Å². The molecule has 0 bridgehead atoms. The van der Waals surface area contributed by atoms with E-state index in [1.54, 1.807) is 12.4 Å². The average Bonchev–Trinajstić information content (AvgIpc) is 2.84. The molecule has 0 radical (unpaired) electrons. The van der Waals surface area contributed by atoms with E-state index in [0.29, 0.717) is 12.4 Å². The minimum Gasteiger partial charge on any atom is -0.464 e. The van der Waals surface area contributed by atoms with Crippen LogP contribution >= 0.6 is 0 Å². The lowest BCUT2D eigenvalue weighted by atomic mass is 10.3. The number of hydrogen-bond acceptors (Lipinski definition) is 6. The number of aromatic nitrogens is 4. The third-order valence-corrected chi connectivity index (χ3v) is 2.64. The van der Waals surface area contributed by atoms with E-state index in [0.717, 1.165) is 12.1 Å². The summed E-state index contributed by atoms with van der Waals surface area (Å²) in [4.78, 5) is 19.4. The van der Waals surface area contributed by atoms with E-state index in [9.17, 15) is 4.79 Å². The van der Waals surface area contributed by atoms with Crippen LogP contribution in [0.25, 0.3) is 0 Å². The van der Waals surface area contributed by atoms with Gasteiger partial charge < -0.3 is 10.1 Å². The third-order valence-electron chi connectivity index (χ3n) is 2.64. The van der Waals surface area contributed by atoms with Crippen LogP contribution in [0, 0.1) is 0 Å². The predicted molar refractivity (Wildman–Crippen MR) is 68.8 cm³/mol. The molecule has 100 valence electrons. The zero-order valence-corrected chi connectivity index (χ0v) is 10.8. The molecule has 2 aromatic rings. The number of aryl methyl sites for hydroxylation is 1. The summed E-state index contributed by atoms with van der Waals surface area (Å²) in [5.74, 6) is 0.0489. The molecule has 0 saturated heterocycles. The Hall–Kier alpha value is -2.44. The van der Waals surface area contributed by atoms with Gasteiger partial charge in [0, 0.05) is 31.9 Å². The summed E-state index contributed by atoms with van der Waals surface area (Å²) in [5.41, 5.74) is 1.30. The van der Waals surface area contributed by atoms with Gasteiger partial charge in [0.25, 0.3) is 0 Å². The summed E-state index contributed by atoms with van der Waals surface area (Å²) in [6, 6.07) is 1.96. The molecule has 7 nitrogen and oxygen atoms in total. The van der Waals surface area contributed by atoms with E-state index in [1.165, 1.54) is 13.3 Å². The molecule has 0 unspecified atom stereocenters. The van der Waals surface area contributed by atoms with Gasteiger partial charge in [0.2, 0.25) is 0 Å². The Bertz CT molecular complexity index is 567. The quantitative estimate of drug-likeness (QED) is 0.796. The minimum absolute atomic E-state index is 0.188. The molecular weight excluding hydrogens is 246 g/mol. The molecule has 7 heteroatoms. The van der Waals surface area contributed by atoms with Crippen molar-refractivity contribution in [1.82, 2.24) is 19.7 Å². The van der Waals surface area contributed by atoms with Gasteiger partial charge in [-0.05, 0) is 6.07 Å². The van der Waals surface area contributed by atoms with Gasteiger partial charge in [-0.25, -0.2) is 9.78 Å². The molecule has 1 N–H and O–H groups in total. The maximum atomic E-state index is 11.3. The molecule has 2 heterocycles. The molecule has 2 rings (SSSR count). The summed E-state index contributed by atoms with van der Waals surface area (Å²) in [7, 11) is 3.21. The number of ether oxygens (including phenoxy) is 1. The van der Waals surface area contributed by atoms with Crippen LogP contribution in [0.4, 0.5) is 5.82 Å². The van der Waals surface area contributed by atoms with Crippen molar-refractivity contribution in [2.75, 3.05) is 19.0 Å². The van der Waals surface area contributed by atoms with Crippen molar-refractivity contribution in [3.63, 3.8) is 0 Å². The van der Waals surface area contributed by atoms with Crippen molar-refractivity contribution in [1.29, 1.82) is 0 Å². The summed E-state index contributed by atoms with van der Waals surface area (Å²) in [6.45, 7) is 0.679. The second kappa shape index (κ2) is 5.94. The molecule has 0 spiro atoms. The van der Waals surface area contributed by atoms with Crippen molar-refractivity contribution in [3.8, 4) is 0 Å². The first kappa shape index (κ1) is 13.0. The van der Waals surface area contributed by atoms with Crippen LogP contribution in [0.15, 0.2) is 24.7 Å². The maximum absolute atomic E-state index is 11.3. The second-order valence-electron chi connectivity index (χ2n) is 3.90. The fourth-order valence-electron chi connectivity index (χ4n) is 1.62. The topological polar surface area (TPSA) is 81.9 Å². The monoisotopic (exact) mass is 261 g/mol. The first-order valence-electron chi connectivity index (χ1n) is 5.82. The molecule has 0 aliphatic rings. The number of carbonyl (C=O) groups is 1. The van der Waals surface area contributed by atoms with Crippen LogP contribution in [0.1, 0.15) is 16.2 Å². The number of anilines is 1. The fourth-order valence-corrected chi connectivity index (χ4v) is 1.62. The number of esters is 1. The largest absolute Gasteiger partial charge is 0.464 e. The molecule has 0 saturated carbocycles. The number of carbonyl (C=O) groups excluding carboxylic acids is 1. The Morgan fingerprint density at radius 2 is 2.32 bits per heavy atom. The molecule has 19 heavy (non-hydrogen) atoms. The highest BCUT2D eigenvalue weighted by molar-refractivity contribution is 5.87. The summed E-state index contributed by atoms with van der Waals surface area (Å²) in [5, 5.41) is 7.20. The smallest absolute Gasteiger partial charge is 0.358 e. The summed E-state index contributed by atoms with van der Waals surface area (Å²) < 4.78 is 6.41. The van der Waals surface area contributed by atoms with Gasteiger partial charge in [0.15, 0.2) is 5.69 Å². The Morgan fingerprint density at radius 3 is 3.00 bits per heavy atom.